The third-order valence-electron chi connectivity index (χ3n) is 3.16. The smallest absolute Gasteiger partial charge is 0.273 e. The number of nitro benzene ring substituents is 1. The van der Waals surface area contributed by atoms with E-state index in [0.29, 0.717) is 11.9 Å². The topological polar surface area (TPSA) is 63.4 Å². The van der Waals surface area contributed by atoms with Gasteiger partial charge in [-0.15, -0.1) is 0 Å². The van der Waals surface area contributed by atoms with Crippen molar-refractivity contribution in [2.75, 3.05) is 11.9 Å². The van der Waals surface area contributed by atoms with Crippen molar-refractivity contribution >= 4 is 27.5 Å². The first-order chi connectivity index (χ1) is 9.02. The number of nitrogens with zero attached hydrogens (tertiary/aromatic N) is 2. The second kappa shape index (κ2) is 5.64. The van der Waals surface area contributed by atoms with Crippen LogP contribution in [-0.2, 0) is 0 Å². The second-order valence-corrected chi connectivity index (χ2v) is 5.05. The summed E-state index contributed by atoms with van der Waals surface area (Å²) in [6.45, 7) is 0.597. The standard InChI is InChI=1S/C12H12BrFN2O3/c13-7-10-2-1-3-15(10)12(17)8-4-9(14)6-11(5-8)16(18)19/h4-6,10H,1-3,7H2. The minimum Gasteiger partial charge on any atom is -0.335 e. The van der Waals surface area contributed by atoms with E-state index in [-0.39, 0.29) is 17.5 Å². The van der Waals surface area contributed by atoms with Gasteiger partial charge in [0.05, 0.1) is 11.0 Å². The van der Waals surface area contributed by atoms with E-state index in [2.05, 4.69) is 15.9 Å². The van der Waals surface area contributed by atoms with Crippen LogP contribution in [0.4, 0.5) is 10.1 Å². The first-order valence-electron chi connectivity index (χ1n) is 5.85. The van der Waals surface area contributed by atoms with Crippen LogP contribution < -0.4 is 0 Å². The molecule has 1 aromatic carbocycles. The lowest BCUT2D eigenvalue weighted by Gasteiger charge is -2.23. The van der Waals surface area contributed by atoms with Crippen LogP contribution in [0.15, 0.2) is 18.2 Å². The van der Waals surface area contributed by atoms with Crippen molar-refractivity contribution < 1.29 is 14.1 Å². The van der Waals surface area contributed by atoms with Gasteiger partial charge in [0.1, 0.15) is 5.82 Å². The third kappa shape index (κ3) is 2.91. The van der Waals surface area contributed by atoms with E-state index in [0.717, 1.165) is 31.0 Å². The highest BCUT2D eigenvalue weighted by Crippen LogP contribution is 2.24. The number of hydrogen-bond acceptors (Lipinski definition) is 3. The van der Waals surface area contributed by atoms with Crippen LogP contribution in [0.3, 0.4) is 0 Å². The van der Waals surface area contributed by atoms with Gasteiger partial charge < -0.3 is 4.90 Å². The summed E-state index contributed by atoms with van der Waals surface area (Å²) in [4.78, 5) is 23.9. The number of likely N-dealkylation sites (tertiary alicyclic amines) is 1. The zero-order valence-electron chi connectivity index (χ0n) is 10.0. The fraction of sp³-hybridized carbons (Fsp3) is 0.417. The Morgan fingerprint density at radius 3 is 2.89 bits per heavy atom. The number of nitro groups is 1. The van der Waals surface area contributed by atoms with Crippen molar-refractivity contribution in [3.8, 4) is 0 Å². The molecule has 19 heavy (non-hydrogen) atoms. The minimum absolute atomic E-state index is 0.0274. The van der Waals surface area contributed by atoms with E-state index in [1.807, 2.05) is 0 Å². The van der Waals surface area contributed by atoms with Crippen LogP contribution in [0.1, 0.15) is 23.2 Å². The molecule has 0 spiro atoms. The summed E-state index contributed by atoms with van der Waals surface area (Å²) in [5.74, 6) is -1.13. The SMILES string of the molecule is O=C(c1cc(F)cc([N+](=O)[O-])c1)N1CCCC1CBr. The molecule has 1 atom stereocenters. The molecule has 0 aromatic heterocycles. The van der Waals surface area contributed by atoms with Gasteiger partial charge in [0.15, 0.2) is 0 Å². The van der Waals surface area contributed by atoms with E-state index in [1.54, 1.807) is 4.90 Å². The van der Waals surface area contributed by atoms with Gasteiger partial charge in [0.25, 0.3) is 11.6 Å². The summed E-state index contributed by atoms with van der Waals surface area (Å²) in [5, 5.41) is 11.3. The molecular formula is C12H12BrFN2O3. The summed E-state index contributed by atoms with van der Waals surface area (Å²) in [5.41, 5.74) is -0.377. The van der Waals surface area contributed by atoms with Crippen LogP contribution in [0, 0.1) is 15.9 Å². The van der Waals surface area contributed by atoms with E-state index in [1.165, 1.54) is 0 Å². The zero-order chi connectivity index (χ0) is 14.0. The summed E-state index contributed by atoms with van der Waals surface area (Å²) in [6, 6.07) is 3.03. The lowest BCUT2D eigenvalue weighted by molar-refractivity contribution is -0.385. The Kier molecular flexibility index (Phi) is 4.14. The van der Waals surface area contributed by atoms with Crippen molar-refractivity contribution in [3.05, 3.63) is 39.7 Å². The maximum absolute atomic E-state index is 13.3. The number of amides is 1. The van der Waals surface area contributed by atoms with Crippen molar-refractivity contribution in [2.24, 2.45) is 0 Å². The van der Waals surface area contributed by atoms with E-state index in [4.69, 9.17) is 0 Å². The zero-order valence-corrected chi connectivity index (χ0v) is 11.6. The van der Waals surface area contributed by atoms with Gasteiger partial charge in [-0.25, -0.2) is 4.39 Å². The monoisotopic (exact) mass is 330 g/mol. The Bertz CT molecular complexity index is 524. The van der Waals surface area contributed by atoms with Crippen molar-refractivity contribution in [3.63, 3.8) is 0 Å². The average molecular weight is 331 g/mol. The highest BCUT2D eigenvalue weighted by Gasteiger charge is 2.29. The molecule has 5 nitrogen and oxygen atoms in total. The number of carbonyl (C=O) groups excluding carboxylic acids is 1. The molecule has 102 valence electrons. The van der Waals surface area contributed by atoms with Crippen LogP contribution in [0.2, 0.25) is 0 Å². The molecule has 1 aliphatic heterocycles. The van der Waals surface area contributed by atoms with Gasteiger partial charge in [-0.1, -0.05) is 15.9 Å². The van der Waals surface area contributed by atoms with E-state index >= 15 is 0 Å². The molecule has 1 aromatic rings. The van der Waals surface area contributed by atoms with Gasteiger partial charge in [-0.3, -0.25) is 14.9 Å². The van der Waals surface area contributed by atoms with Crippen LogP contribution >= 0.6 is 15.9 Å². The fourth-order valence-electron chi connectivity index (χ4n) is 2.23. The molecule has 1 saturated heterocycles. The van der Waals surface area contributed by atoms with Crippen LogP contribution in [0.5, 0.6) is 0 Å². The van der Waals surface area contributed by atoms with Crippen molar-refractivity contribution in [1.82, 2.24) is 4.90 Å². The lowest BCUT2D eigenvalue weighted by Crippen LogP contribution is -2.36. The number of non-ortho nitro benzene ring substituents is 1. The number of hydrogen-bond donors (Lipinski definition) is 0. The predicted octanol–water partition coefficient (Wildman–Crippen LogP) is 2.73. The summed E-state index contributed by atoms with van der Waals surface area (Å²) in [6.07, 6.45) is 1.77. The molecule has 1 amide bonds. The number of carbonyl (C=O) groups is 1. The minimum atomic E-state index is -0.771. The fourth-order valence-corrected chi connectivity index (χ4v) is 2.91. The van der Waals surface area contributed by atoms with Crippen molar-refractivity contribution in [2.45, 2.75) is 18.9 Å². The number of rotatable bonds is 3. The summed E-state index contributed by atoms with van der Waals surface area (Å²) < 4.78 is 13.3. The molecule has 1 unspecified atom stereocenters. The predicted molar refractivity (Wildman–Crippen MR) is 70.9 cm³/mol. The molecule has 0 aliphatic carbocycles. The molecule has 2 rings (SSSR count). The maximum Gasteiger partial charge on any atom is 0.273 e. The average Bonchev–Trinajstić information content (AvgIpc) is 2.85. The molecule has 0 radical (unpaired) electrons. The van der Waals surface area contributed by atoms with Gasteiger partial charge >= 0.3 is 0 Å². The van der Waals surface area contributed by atoms with Gasteiger partial charge in [-0.2, -0.15) is 0 Å². The number of benzene rings is 1. The quantitative estimate of drug-likeness (QED) is 0.486. The first kappa shape index (κ1) is 13.9. The molecule has 7 heteroatoms. The van der Waals surface area contributed by atoms with E-state index < -0.39 is 16.4 Å². The summed E-state index contributed by atoms with van der Waals surface area (Å²) >= 11 is 3.33. The normalized spacial score (nSPS) is 18.6. The Labute approximate surface area is 117 Å². The number of alkyl halides is 1. The Balaban J connectivity index is 2.30. The molecular weight excluding hydrogens is 319 g/mol. The summed E-state index contributed by atoms with van der Waals surface area (Å²) in [7, 11) is 0. The Morgan fingerprint density at radius 2 is 2.26 bits per heavy atom. The maximum atomic E-state index is 13.3. The Morgan fingerprint density at radius 1 is 1.53 bits per heavy atom. The molecule has 1 heterocycles. The third-order valence-corrected chi connectivity index (χ3v) is 3.90. The van der Waals surface area contributed by atoms with Crippen LogP contribution in [-0.4, -0.2) is 33.6 Å². The second-order valence-electron chi connectivity index (χ2n) is 4.40. The first-order valence-corrected chi connectivity index (χ1v) is 6.97. The van der Waals surface area contributed by atoms with E-state index in [9.17, 15) is 19.3 Å². The highest BCUT2D eigenvalue weighted by atomic mass is 79.9. The highest BCUT2D eigenvalue weighted by molar-refractivity contribution is 9.09. The molecule has 0 N–H and O–H groups in total. The van der Waals surface area contributed by atoms with Crippen molar-refractivity contribution in [1.29, 1.82) is 0 Å². The molecule has 0 saturated carbocycles. The molecule has 0 bridgehead atoms. The Hall–Kier alpha value is -1.50. The molecule has 1 fully saturated rings. The molecule has 1 aliphatic rings. The van der Waals surface area contributed by atoms with Gasteiger partial charge in [0.2, 0.25) is 0 Å². The van der Waals surface area contributed by atoms with Gasteiger partial charge in [-0.05, 0) is 18.9 Å². The number of halogens is 2. The van der Waals surface area contributed by atoms with Crippen LogP contribution in [0.25, 0.3) is 0 Å². The van der Waals surface area contributed by atoms with Gasteiger partial charge in [0, 0.05) is 29.5 Å². The largest absolute Gasteiger partial charge is 0.335 e. The lowest BCUT2D eigenvalue weighted by atomic mass is 10.1.